The molecule has 1 aliphatic carbocycles. The number of ketones is 1. The van der Waals surface area contributed by atoms with Gasteiger partial charge in [0.25, 0.3) is 0 Å². The molecule has 0 bridgehead atoms. The SMILES string of the molecule is CCc1ccc(C(=O)CCC(=O)NC2CCCC2CN)cc1.Cl. The molecule has 2 atom stereocenters. The summed E-state index contributed by atoms with van der Waals surface area (Å²) in [5, 5.41) is 3.03. The highest BCUT2D eigenvalue weighted by Crippen LogP contribution is 2.24. The fourth-order valence-corrected chi connectivity index (χ4v) is 3.09. The Hall–Kier alpha value is -1.39. The molecular formula is C18H27ClN2O2. The average Bonchev–Trinajstić information content (AvgIpc) is 2.99. The van der Waals surface area contributed by atoms with Gasteiger partial charge in [0.05, 0.1) is 0 Å². The molecule has 1 saturated carbocycles. The molecule has 2 unspecified atom stereocenters. The van der Waals surface area contributed by atoms with E-state index in [1.807, 2.05) is 24.3 Å². The van der Waals surface area contributed by atoms with Gasteiger partial charge in [-0.1, -0.05) is 37.6 Å². The van der Waals surface area contributed by atoms with Gasteiger partial charge in [-0.15, -0.1) is 12.4 Å². The number of carbonyl (C=O) groups is 2. The molecule has 1 aromatic carbocycles. The second-order valence-corrected chi connectivity index (χ2v) is 6.07. The lowest BCUT2D eigenvalue weighted by molar-refractivity contribution is -0.122. The van der Waals surface area contributed by atoms with Crippen LogP contribution in [0.15, 0.2) is 24.3 Å². The smallest absolute Gasteiger partial charge is 0.220 e. The average molecular weight is 339 g/mol. The Balaban J connectivity index is 0.00000264. The van der Waals surface area contributed by atoms with Crippen molar-refractivity contribution in [1.29, 1.82) is 0 Å². The summed E-state index contributed by atoms with van der Waals surface area (Å²) in [7, 11) is 0. The standard InChI is InChI=1S/C18H26N2O2.ClH/c1-2-13-6-8-14(9-7-13)17(21)10-11-18(22)20-16-5-3-4-15(16)12-19;/h6-9,15-16H,2-5,10-12,19H2,1H3,(H,20,22);1H. The Morgan fingerprint density at radius 3 is 2.48 bits per heavy atom. The third kappa shape index (κ3) is 5.63. The van der Waals surface area contributed by atoms with Gasteiger partial charge in [-0.3, -0.25) is 9.59 Å². The van der Waals surface area contributed by atoms with Crippen LogP contribution in [0, 0.1) is 5.92 Å². The molecule has 23 heavy (non-hydrogen) atoms. The minimum Gasteiger partial charge on any atom is -0.353 e. The molecule has 128 valence electrons. The van der Waals surface area contributed by atoms with Crippen LogP contribution in [0.3, 0.4) is 0 Å². The molecule has 0 heterocycles. The number of rotatable bonds is 7. The van der Waals surface area contributed by atoms with E-state index in [0.717, 1.165) is 25.7 Å². The number of aryl methyl sites for hydroxylation is 1. The first-order valence-corrected chi connectivity index (χ1v) is 8.25. The second-order valence-electron chi connectivity index (χ2n) is 6.07. The normalized spacial score (nSPS) is 19.9. The first kappa shape index (κ1) is 19.7. The molecule has 0 aliphatic heterocycles. The highest BCUT2D eigenvalue weighted by molar-refractivity contribution is 5.98. The van der Waals surface area contributed by atoms with Crippen LogP contribution < -0.4 is 11.1 Å². The lowest BCUT2D eigenvalue weighted by Crippen LogP contribution is -2.39. The van der Waals surface area contributed by atoms with Gasteiger partial charge in [0.1, 0.15) is 0 Å². The predicted octanol–water partition coefficient (Wildman–Crippen LogP) is 2.88. The number of nitrogens with two attached hydrogens (primary N) is 1. The number of halogens is 1. The molecule has 1 aromatic rings. The van der Waals surface area contributed by atoms with Crippen LogP contribution >= 0.6 is 12.4 Å². The molecule has 1 fully saturated rings. The first-order chi connectivity index (χ1) is 10.6. The van der Waals surface area contributed by atoms with Gasteiger partial charge in [-0.25, -0.2) is 0 Å². The van der Waals surface area contributed by atoms with E-state index in [0.29, 0.717) is 18.0 Å². The number of nitrogens with one attached hydrogen (secondary N) is 1. The molecule has 0 aromatic heterocycles. The number of benzene rings is 1. The third-order valence-electron chi connectivity index (χ3n) is 4.57. The van der Waals surface area contributed by atoms with Crippen LogP contribution in [-0.4, -0.2) is 24.3 Å². The maximum Gasteiger partial charge on any atom is 0.220 e. The van der Waals surface area contributed by atoms with Gasteiger partial charge in [-0.05, 0) is 37.3 Å². The number of Topliss-reactive ketones (excluding diaryl/α,β-unsaturated/α-hetero) is 1. The summed E-state index contributed by atoms with van der Waals surface area (Å²) in [6, 6.07) is 7.83. The first-order valence-electron chi connectivity index (χ1n) is 8.25. The molecule has 0 spiro atoms. The zero-order valence-corrected chi connectivity index (χ0v) is 14.5. The summed E-state index contributed by atoms with van der Waals surface area (Å²) in [5.74, 6) is 0.379. The van der Waals surface area contributed by atoms with Crippen molar-refractivity contribution in [3.63, 3.8) is 0 Å². The third-order valence-corrected chi connectivity index (χ3v) is 4.57. The molecule has 2 rings (SSSR count). The van der Waals surface area contributed by atoms with Crippen LogP contribution in [-0.2, 0) is 11.2 Å². The summed E-state index contributed by atoms with van der Waals surface area (Å²) in [4.78, 5) is 24.1. The lowest BCUT2D eigenvalue weighted by atomic mass is 10.0. The van der Waals surface area contributed by atoms with Gasteiger partial charge < -0.3 is 11.1 Å². The summed E-state index contributed by atoms with van der Waals surface area (Å²) in [5.41, 5.74) is 7.61. The van der Waals surface area contributed by atoms with Crippen molar-refractivity contribution >= 4 is 24.1 Å². The van der Waals surface area contributed by atoms with Crippen molar-refractivity contribution in [1.82, 2.24) is 5.32 Å². The zero-order chi connectivity index (χ0) is 15.9. The summed E-state index contributed by atoms with van der Waals surface area (Å²) in [6.07, 6.45) is 4.68. The fourth-order valence-electron chi connectivity index (χ4n) is 3.09. The van der Waals surface area contributed by atoms with E-state index in [-0.39, 0.29) is 43.0 Å². The Morgan fingerprint density at radius 1 is 1.17 bits per heavy atom. The van der Waals surface area contributed by atoms with Crippen molar-refractivity contribution < 1.29 is 9.59 Å². The Morgan fingerprint density at radius 2 is 1.87 bits per heavy atom. The maximum atomic E-state index is 12.1. The van der Waals surface area contributed by atoms with Crippen molar-refractivity contribution in [3.8, 4) is 0 Å². The molecule has 0 saturated heterocycles. The van der Waals surface area contributed by atoms with Crippen LogP contribution in [0.2, 0.25) is 0 Å². The summed E-state index contributed by atoms with van der Waals surface area (Å²) >= 11 is 0. The van der Waals surface area contributed by atoms with E-state index in [2.05, 4.69) is 12.2 Å². The van der Waals surface area contributed by atoms with Crippen molar-refractivity contribution in [3.05, 3.63) is 35.4 Å². The quantitative estimate of drug-likeness (QED) is 0.751. The predicted molar refractivity (Wildman–Crippen MR) is 95.0 cm³/mol. The lowest BCUT2D eigenvalue weighted by Gasteiger charge is -2.19. The maximum absolute atomic E-state index is 12.1. The highest BCUT2D eigenvalue weighted by atomic mass is 35.5. The van der Waals surface area contributed by atoms with Crippen LogP contribution in [0.4, 0.5) is 0 Å². The van der Waals surface area contributed by atoms with Gasteiger partial charge in [0.15, 0.2) is 5.78 Å². The Kier molecular flexibility index (Phi) is 8.28. The zero-order valence-electron chi connectivity index (χ0n) is 13.7. The largest absolute Gasteiger partial charge is 0.353 e. The van der Waals surface area contributed by atoms with Gasteiger partial charge in [0.2, 0.25) is 5.91 Å². The fraction of sp³-hybridized carbons (Fsp3) is 0.556. The Bertz CT molecular complexity index is 516. The second kappa shape index (κ2) is 9.68. The molecule has 1 aliphatic rings. The summed E-state index contributed by atoms with van der Waals surface area (Å²) in [6.45, 7) is 2.70. The van der Waals surface area contributed by atoms with Crippen molar-refractivity contribution in [2.75, 3.05) is 6.54 Å². The van der Waals surface area contributed by atoms with E-state index in [4.69, 9.17) is 5.73 Å². The van der Waals surface area contributed by atoms with E-state index in [9.17, 15) is 9.59 Å². The topological polar surface area (TPSA) is 72.2 Å². The van der Waals surface area contributed by atoms with Crippen LogP contribution in [0.25, 0.3) is 0 Å². The number of carbonyl (C=O) groups excluding carboxylic acids is 2. The van der Waals surface area contributed by atoms with Crippen LogP contribution in [0.1, 0.15) is 54.9 Å². The van der Waals surface area contributed by atoms with E-state index >= 15 is 0 Å². The minimum atomic E-state index is -0.0381. The van der Waals surface area contributed by atoms with Crippen molar-refractivity contribution in [2.24, 2.45) is 11.7 Å². The minimum absolute atomic E-state index is 0. The molecule has 1 amide bonds. The van der Waals surface area contributed by atoms with E-state index < -0.39 is 0 Å². The summed E-state index contributed by atoms with van der Waals surface area (Å²) < 4.78 is 0. The number of hydrogen-bond acceptors (Lipinski definition) is 3. The van der Waals surface area contributed by atoms with Gasteiger partial charge >= 0.3 is 0 Å². The molecule has 3 N–H and O–H groups in total. The van der Waals surface area contributed by atoms with Crippen LogP contribution in [0.5, 0.6) is 0 Å². The molecule has 5 heteroatoms. The highest BCUT2D eigenvalue weighted by Gasteiger charge is 2.27. The molecular weight excluding hydrogens is 312 g/mol. The number of amides is 1. The Labute approximate surface area is 144 Å². The monoisotopic (exact) mass is 338 g/mol. The van der Waals surface area contributed by atoms with Gasteiger partial charge in [-0.2, -0.15) is 0 Å². The van der Waals surface area contributed by atoms with E-state index in [1.54, 1.807) is 0 Å². The van der Waals surface area contributed by atoms with E-state index in [1.165, 1.54) is 5.56 Å². The number of hydrogen-bond donors (Lipinski definition) is 2. The molecule has 0 radical (unpaired) electrons. The van der Waals surface area contributed by atoms with Gasteiger partial charge in [0, 0.05) is 24.4 Å². The molecule has 4 nitrogen and oxygen atoms in total. The van der Waals surface area contributed by atoms with Crippen molar-refractivity contribution in [2.45, 2.75) is 51.5 Å².